The summed E-state index contributed by atoms with van der Waals surface area (Å²) in [7, 11) is 0. The number of anilines is 2. The summed E-state index contributed by atoms with van der Waals surface area (Å²) in [4.78, 5) is 8.82. The van der Waals surface area contributed by atoms with Crippen molar-refractivity contribution in [3.05, 3.63) is 36.2 Å². The van der Waals surface area contributed by atoms with Gasteiger partial charge in [0.2, 0.25) is 0 Å². The van der Waals surface area contributed by atoms with Crippen molar-refractivity contribution >= 4 is 29.4 Å². The van der Waals surface area contributed by atoms with Crippen LogP contribution in [0.5, 0.6) is 0 Å². The summed E-state index contributed by atoms with van der Waals surface area (Å²) in [5, 5.41) is 19.5. The number of hydrogen-bond donors (Lipinski definition) is 3. The van der Waals surface area contributed by atoms with Gasteiger partial charge in [0.25, 0.3) is 12.2 Å². The van der Waals surface area contributed by atoms with Gasteiger partial charge in [0.1, 0.15) is 6.21 Å². The van der Waals surface area contributed by atoms with Crippen molar-refractivity contribution in [2.24, 2.45) is 15.1 Å². The molecule has 0 saturated carbocycles. The maximum absolute atomic E-state index is 12.7. The van der Waals surface area contributed by atoms with Crippen molar-refractivity contribution in [1.29, 1.82) is 0 Å². The van der Waals surface area contributed by atoms with Crippen LogP contribution in [-0.2, 0) is 10.3 Å². The molecule has 1 fully saturated rings. The lowest BCUT2D eigenvalue weighted by molar-refractivity contribution is -0.917. The van der Waals surface area contributed by atoms with Gasteiger partial charge in [-0.1, -0.05) is 18.9 Å². The number of guanidine groups is 1. The van der Waals surface area contributed by atoms with Gasteiger partial charge < -0.3 is 20.9 Å². The molecule has 34 heavy (non-hydrogen) atoms. The summed E-state index contributed by atoms with van der Waals surface area (Å²) in [6.07, 6.45) is 1.99. The number of halogens is 3. The third-order valence-corrected chi connectivity index (χ3v) is 6.01. The summed E-state index contributed by atoms with van der Waals surface area (Å²) in [6, 6.07) is 4.77. The van der Waals surface area contributed by atoms with Crippen LogP contribution in [0.3, 0.4) is 0 Å². The van der Waals surface area contributed by atoms with Crippen LogP contribution in [0.2, 0.25) is 0 Å². The average molecular weight is 481 g/mol. The largest absolute Gasteiger partial charge is 0.439 e. The molecule has 184 valence electrons. The fraction of sp³-hybridized carbons (Fsp3) is 0.500. The van der Waals surface area contributed by atoms with Crippen molar-refractivity contribution in [3.8, 4) is 0 Å². The second-order valence-corrected chi connectivity index (χ2v) is 8.94. The minimum absolute atomic E-state index is 0.121. The first-order chi connectivity index (χ1) is 16.0. The number of fused-ring (bicyclic) bond motifs is 1. The second kappa shape index (κ2) is 9.10. The Morgan fingerprint density at radius 2 is 1.88 bits per heavy atom. The third kappa shape index (κ3) is 4.85. The summed E-state index contributed by atoms with van der Waals surface area (Å²) in [5.74, 6) is 1.04. The van der Waals surface area contributed by atoms with Crippen molar-refractivity contribution in [2.75, 3.05) is 24.1 Å². The van der Waals surface area contributed by atoms with Crippen LogP contribution in [0.15, 0.2) is 45.7 Å². The number of benzene rings is 1. The number of aliphatic hydroxyl groups is 1. The number of rotatable bonds is 5. The van der Waals surface area contributed by atoms with Gasteiger partial charge in [-0.2, -0.15) is 13.2 Å². The SMILES string of the molecule is CC(C)(OC(O)C(F)(F)F)c1ccc(NC2=N[N+]3(N4CCCCCC4)C=CN=CC3=N2)cc1N. The lowest BCUT2D eigenvalue weighted by Crippen LogP contribution is -2.56. The minimum Gasteiger partial charge on any atom is -0.398 e. The normalized spacial score (nSPS) is 24.3. The zero-order valence-corrected chi connectivity index (χ0v) is 19.1. The number of hydrogen-bond acceptors (Lipinski definition) is 8. The molecule has 0 aliphatic carbocycles. The molecule has 2 unspecified atom stereocenters. The minimum atomic E-state index is -4.90. The molecule has 1 aromatic rings. The van der Waals surface area contributed by atoms with Crippen LogP contribution in [0.25, 0.3) is 0 Å². The first kappa shape index (κ1) is 24.3. The molecule has 0 radical (unpaired) electrons. The van der Waals surface area contributed by atoms with E-state index < -0.39 is 18.1 Å². The van der Waals surface area contributed by atoms with Crippen molar-refractivity contribution in [2.45, 2.75) is 57.6 Å². The number of nitrogens with zero attached hydrogens (tertiary/aromatic N) is 5. The third-order valence-electron chi connectivity index (χ3n) is 6.01. The fourth-order valence-corrected chi connectivity index (χ4v) is 4.31. The maximum Gasteiger partial charge on any atom is 0.439 e. The van der Waals surface area contributed by atoms with Gasteiger partial charge in [-0.05, 0) is 48.6 Å². The number of nitrogens with two attached hydrogens (primary N) is 1. The maximum atomic E-state index is 12.7. The highest BCUT2D eigenvalue weighted by Crippen LogP contribution is 2.35. The molecular weight excluding hydrogens is 451 g/mol. The summed E-state index contributed by atoms with van der Waals surface area (Å²) in [5.41, 5.74) is 5.73. The zero-order chi connectivity index (χ0) is 24.6. The molecule has 0 spiro atoms. The van der Waals surface area contributed by atoms with Gasteiger partial charge in [-0.15, -0.1) is 10.0 Å². The Balaban J connectivity index is 1.55. The van der Waals surface area contributed by atoms with Crippen molar-refractivity contribution in [1.82, 2.24) is 5.01 Å². The van der Waals surface area contributed by atoms with Gasteiger partial charge >= 0.3 is 12.0 Å². The van der Waals surface area contributed by atoms with Crippen LogP contribution in [0, 0.1) is 0 Å². The predicted octanol–water partition coefficient (Wildman–Crippen LogP) is 3.66. The number of amidine groups is 1. The Morgan fingerprint density at radius 1 is 1.18 bits per heavy atom. The molecule has 4 rings (SSSR count). The second-order valence-electron chi connectivity index (χ2n) is 8.94. The van der Waals surface area contributed by atoms with Crippen LogP contribution in [0.4, 0.5) is 24.5 Å². The zero-order valence-electron chi connectivity index (χ0n) is 19.1. The lowest BCUT2D eigenvalue weighted by atomic mass is 9.95. The van der Waals surface area contributed by atoms with E-state index in [0.717, 1.165) is 25.9 Å². The lowest BCUT2D eigenvalue weighted by Gasteiger charge is -2.33. The molecule has 3 heterocycles. The summed E-state index contributed by atoms with van der Waals surface area (Å²) in [6.45, 7) is 4.59. The van der Waals surface area contributed by atoms with Gasteiger partial charge in [-0.25, -0.2) is 0 Å². The number of aliphatic hydroxyl groups excluding tert-OH is 1. The van der Waals surface area contributed by atoms with Gasteiger partial charge in [0.05, 0.1) is 24.9 Å². The van der Waals surface area contributed by atoms with E-state index in [4.69, 9.17) is 15.6 Å². The van der Waals surface area contributed by atoms with Crippen molar-refractivity contribution < 1.29 is 27.7 Å². The molecule has 1 saturated heterocycles. The Kier molecular flexibility index (Phi) is 6.51. The highest BCUT2D eigenvalue weighted by Gasteiger charge is 2.47. The molecule has 4 N–H and O–H groups in total. The molecular formula is C22H29F3N7O2+. The Labute approximate surface area is 195 Å². The molecule has 0 amide bonds. The van der Waals surface area contributed by atoms with Gasteiger partial charge in [0.15, 0.2) is 6.20 Å². The van der Waals surface area contributed by atoms with Crippen LogP contribution in [-0.4, -0.2) is 58.4 Å². The topological polar surface area (TPSA) is 108 Å². The summed E-state index contributed by atoms with van der Waals surface area (Å²) >= 11 is 0. The van der Waals surface area contributed by atoms with Crippen molar-refractivity contribution in [3.63, 3.8) is 0 Å². The Bertz CT molecular complexity index is 1040. The van der Waals surface area contributed by atoms with Crippen LogP contribution in [0.1, 0.15) is 45.1 Å². The van der Waals surface area contributed by atoms with E-state index in [2.05, 4.69) is 20.3 Å². The van der Waals surface area contributed by atoms with E-state index >= 15 is 0 Å². The number of ether oxygens (including phenoxy) is 1. The predicted molar refractivity (Wildman–Crippen MR) is 123 cm³/mol. The highest BCUT2D eigenvalue weighted by molar-refractivity contribution is 6.30. The highest BCUT2D eigenvalue weighted by atomic mass is 19.4. The average Bonchev–Trinajstić information content (AvgIpc) is 2.92. The molecule has 2 atom stereocenters. The Hall–Kier alpha value is -2.80. The number of alkyl halides is 3. The molecule has 3 aliphatic rings. The van der Waals surface area contributed by atoms with E-state index in [1.165, 1.54) is 26.7 Å². The van der Waals surface area contributed by atoms with E-state index in [-0.39, 0.29) is 10.4 Å². The summed E-state index contributed by atoms with van der Waals surface area (Å²) < 4.78 is 43.2. The smallest absolute Gasteiger partial charge is 0.398 e. The van der Waals surface area contributed by atoms with E-state index in [0.29, 0.717) is 23.0 Å². The first-order valence-electron chi connectivity index (χ1n) is 11.2. The number of aliphatic imine (C=N–C) groups is 2. The Morgan fingerprint density at radius 3 is 2.53 bits per heavy atom. The number of nitrogens with one attached hydrogen (secondary N) is 1. The molecule has 12 heteroatoms. The standard InChI is InChI=1S/C22H29F3N7O2/c1-21(2,34-19(33)22(23,24)25)16-8-7-15(13-17(16)26)28-20-29-18-14-27-9-12-32(18,30-20)31-10-5-3-4-6-11-31/h7-9,12-14,19,33H,3-6,10-11,26H2,1-2H3,(H,28,30)/q+1. The first-order valence-corrected chi connectivity index (χ1v) is 11.2. The molecule has 1 aromatic carbocycles. The number of quaternary nitrogens is 1. The fourth-order valence-electron chi connectivity index (χ4n) is 4.31. The molecule has 0 bridgehead atoms. The van der Waals surface area contributed by atoms with Gasteiger partial charge in [-0.3, -0.25) is 4.99 Å². The molecule has 3 aliphatic heterocycles. The molecule has 9 nitrogen and oxygen atoms in total. The van der Waals surface area contributed by atoms with Gasteiger partial charge in [0, 0.05) is 16.9 Å². The quantitative estimate of drug-likeness (QED) is 0.339. The van der Waals surface area contributed by atoms with E-state index in [1.54, 1.807) is 30.6 Å². The number of nitrogen functional groups attached to an aromatic ring is 1. The molecule has 0 aromatic heterocycles. The monoisotopic (exact) mass is 480 g/mol. The van der Waals surface area contributed by atoms with E-state index in [9.17, 15) is 18.3 Å². The van der Waals surface area contributed by atoms with Crippen LogP contribution < -0.4 is 11.1 Å². The van der Waals surface area contributed by atoms with E-state index in [1.807, 2.05) is 6.20 Å². The van der Waals surface area contributed by atoms with Crippen LogP contribution >= 0.6 is 0 Å².